The number of aliphatic hydroxyl groups is 1. The summed E-state index contributed by atoms with van der Waals surface area (Å²) >= 11 is 1.76. The Morgan fingerprint density at radius 1 is 1.21 bits per heavy atom. The first kappa shape index (κ1) is 20.5. The Hall–Kier alpha value is -1.75. The summed E-state index contributed by atoms with van der Waals surface area (Å²) in [5, 5.41) is 15.9. The lowest BCUT2D eigenvalue weighted by Crippen LogP contribution is -2.54. The van der Waals surface area contributed by atoms with Gasteiger partial charge in [-0.25, -0.2) is 9.97 Å². The molecule has 2 aliphatic rings. The minimum atomic E-state index is -4.58. The maximum absolute atomic E-state index is 12.7. The number of aromatic nitrogens is 2. The molecule has 6 nitrogen and oxygen atoms in total. The van der Waals surface area contributed by atoms with Gasteiger partial charge in [-0.15, -0.1) is 11.3 Å². The number of rotatable bonds is 3. The molecule has 0 amide bonds. The van der Waals surface area contributed by atoms with E-state index in [1.807, 2.05) is 0 Å². The second-order valence-electron chi connectivity index (χ2n) is 8.09. The van der Waals surface area contributed by atoms with E-state index in [1.165, 1.54) is 4.88 Å². The van der Waals surface area contributed by atoms with Crippen molar-refractivity contribution in [3.8, 4) is 0 Å². The highest BCUT2D eigenvalue weighted by molar-refractivity contribution is 7.10. The summed E-state index contributed by atoms with van der Waals surface area (Å²) in [7, 11) is 4.20. The van der Waals surface area contributed by atoms with E-state index < -0.39 is 18.4 Å². The Morgan fingerprint density at radius 2 is 1.86 bits per heavy atom. The highest BCUT2D eigenvalue weighted by Gasteiger charge is 2.50. The quantitative estimate of drug-likeness (QED) is 0.785. The summed E-state index contributed by atoms with van der Waals surface area (Å²) in [5.41, 5.74) is 0.0492. The molecule has 0 radical (unpaired) electrons. The van der Waals surface area contributed by atoms with Gasteiger partial charge in [-0.05, 0) is 51.2 Å². The standard InChI is InChI=1S/C19H24F3N5OS/c1-26(2)18(14-4-3-9-29-14)7-5-17(6-8-18)12-27(16(28)25-17)13-10-23-15(24-11-13)19(20,21)22/h3-4,9-11,16,25,28H,5-8,12H2,1-2H3. The summed E-state index contributed by atoms with van der Waals surface area (Å²) in [6, 6.07) is 4.24. The van der Waals surface area contributed by atoms with Crippen LogP contribution < -0.4 is 10.2 Å². The number of nitrogens with zero attached hydrogens (tertiary/aromatic N) is 4. The highest BCUT2D eigenvalue weighted by atomic mass is 32.1. The van der Waals surface area contributed by atoms with Crippen molar-refractivity contribution in [2.75, 3.05) is 25.5 Å². The summed E-state index contributed by atoms with van der Waals surface area (Å²) in [6.45, 7) is 0.497. The minimum Gasteiger partial charge on any atom is -0.361 e. The summed E-state index contributed by atoms with van der Waals surface area (Å²) < 4.78 is 38.1. The van der Waals surface area contributed by atoms with Crippen LogP contribution in [0.2, 0.25) is 0 Å². The SMILES string of the molecule is CN(C)C1(c2cccs2)CCC2(CC1)CN(c1cnc(C(F)(F)F)nc1)C(O)N2. The van der Waals surface area contributed by atoms with Gasteiger partial charge in [0.25, 0.3) is 0 Å². The number of hydrogen-bond acceptors (Lipinski definition) is 7. The van der Waals surface area contributed by atoms with Gasteiger partial charge in [0, 0.05) is 17.0 Å². The first-order chi connectivity index (χ1) is 13.7. The van der Waals surface area contributed by atoms with Crippen LogP contribution in [-0.2, 0) is 11.7 Å². The van der Waals surface area contributed by atoms with Crippen LogP contribution >= 0.6 is 11.3 Å². The number of alkyl halides is 3. The summed E-state index contributed by atoms with van der Waals surface area (Å²) in [4.78, 5) is 12.1. The molecule has 3 heterocycles. The maximum atomic E-state index is 12.7. The molecule has 2 aromatic heterocycles. The molecule has 1 saturated carbocycles. The fraction of sp³-hybridized carbons (Fsp3) is 0.579. The molecule has 2 aromatic rings. The molecule has 2 N–H and O–H groups in total. The Bertz CT molecular complexity index is 833. The van der Waals surface area contributed by atoms with Crippen LogP contribution in [0.4, 0.5) is 18.9 Å². The van der Waals surface area contributed by atoms with E-state index in [2.05, 4.69) is 51.8 Å². The van der Waals surface area contributed by atoms with E-state index in [0.29, 0.717) is 12.2 Å². The monoisotopic (exact) mass is 427 g/mol. The molecular formula is C19H24F3N5OS. The van der Waals surface area contributed by atoms with E-state index in [1.54, 1.807) is 16.2 Å². The van der Waals surface area contributed by atoms with Crippen LogP contribution in [0.15, 0.2) is 29.9 Å². The van der Waals surface area contributed by atoms with E-state index in [-0.39, 0.29) is 11.1 Å². The van der Waals surface area contributed by atoms with Crippen molar-refractivity contribution in [3.05, 3.63) is 40.6 Å². The number of nitrogens with one attached hydrogen (secondary N) is 1. The Labute approximate surface area is 171 Å². The topological polar surface area (TPSA) is 64.5 Å². The number of aliphatic hydroxyl groups excluding tert-OH is 1. The van der Waals surface area contributed by atoms with Crippen molar-refractivity contribution < 1.29 is 18.3 Å². The zero-order valence-electron chi connectivity index (χ0n) is 16.3. The number of hydrogen-bond donors (Lipinski definition) is 2. The van der Waals surface area contributed by atoms with Crippen LogP contribution in [0.5, 0.6) is 0 Å². The second-order valence-corrected chi connectivity index (χ2v) is 9.04. The van der Waals surface area contributed by atoms with E-state index in [0.717, 1.165) is 38.1 Å². The van der Waals surface area contributed by atoms with Crippen LogP contribution in [-0.4, -0.2) is 52.5 Å². The largest absolute Gasteiger partial charge is 0.451 e. The molecule has 1 unspecified atom stereocenters. The average Bonchev–Trinajstić information content (AvgIpc) is 3.31. The zero-order chi connectivity index (χ0) is 20.9. The first-order valence-electron chi connectivity index (χ1n) is 9.48. The second kappa shape index (κ2) is 7.19. The van der Waals surface area contributed by atoms with Crippen LogP contribution in [0.25, 0.3) is 0 Å². The van der Waals surface area contributed by atoms with E-state index in [4.69, 9.17) is 0 Å². The molecule has 1 aliphatic carbocycles. The third-order valence-corrected chi connectivity index (χ3v) is 7.36. The molecule has 1 saturated heterocycles. The third-order valence-electron chi connectivity index (χ3n) is 6.30. The third kappa shape index (κ3) is 3.63. The van der Waals surface area contributed by atoms with E-state index >= 15 is 0 Å². The molecule has 10 heteroatoms. The lowest BCUT2D eigenvalue weighted by Gasteiger charge is -2.48. The highest BCUT2D eigenvalue weighted by Crippen LogP contribution is 2.47. The molecule has 1 atom stereocenters. The Morgan fingerprint density at radius 3 is 2.38 bits per heavy atom. The lowest BCUT2D eigenvalue weighted by molar-refractivity contribution is -0.144. The molecule has 0 bridgehead atoms. The van der Waals surface area contributed by atoms with Gasteiger partial charge in [0.05, 0.1) is 23.6 Å². The first-order valence-corrected chi connectivity index (χ1v) is 10.4. The van der Waals surface area contributed by atoms with Gasteiger partial charge in [-0.2, -0.15) is 13.2 Å². The Kier molecular flexibility index (Phi) is 5.09. The van der Waals surface area contributed by atoms with Crippen molar-refractivity contribution in [1.29, 1.82) is 0 Å². The van der Waals surface area contributed by atoms with Crippen molar-refractivity contribution >= 4 is 17.0 Å². The summed E-state index contributed by atoms with van der Waals surface area (Å²) in [6.07, 6.45) is 0.230. The number of halogens is 3. The van der Waals surface area contributed by atoms with E-state index in [9.17, 15) is 18.3 Å². The lowest BCUT2D eigenvalue weighted by atomic mass is 9.71. The Balaban J connectivity index is 1.50. The van der Waals surface area contributed by atoms with Gasteiger partial charge in [0.15, 0.2) is 6.35 Å². The van der Waals surface area contributed by atoms with Crippen LogP contribution in [0, 0.1) is 0 Å². The molecule has 1 spiro atoms. The molecule has 2 fully saturated rings. The minimum absolute atomic E-state index is 0.0308. The predicted molar refractivity (Wildman–Crippen MR) is 104 cm³/mol. The van der Waals surface area contributed by atoms with Crippen molar-refractivity contribution in [2.24, 2.45) is 0 Å². The summed E-state index contributed by atoms with van der Waals surface area (Å²) in [5.74, 6) is -1.18. The number of thiophene rings is 1. The van der Waals surface area contributed by atoms with Gasteiger partial charge >= 0.3 is 6.18 Å². The fourth-order valence-electron chi connectivity index (χ4n) is 4.56. The van der Waals surface area contributed by atoms with Gasteiger partial charge in [0.2, 0.25) is 5.82 Å². The molecule has 158 valence electrons. The van der Waals surface area contributed by atoms with Gasteiger partial charge < -0.3 is 10.0 Å². The number of anilines is 1. The van der Waals surface area contributed by atoms with Crippen LogP contribution in [0.1, 0.15) is 36.4 Å². The van der Waals surface area contributed by atoms with Crippen molar-refractivity contribution in [3.63, 3.8) is 0 Å². The average molecular weight is 427 g/mol. The molecule has 1 aliphatic heterocycles. The van der Waals surface area contributed by atoms with Crippen molar-refractivity contribution in [2.45, 2.75) is 49.3 Å². The smallest absolute Gasteiger partial charge is 0.361 e. The maximum Gasteiger partial charge on any atom is 0.451 e. The normalized spacial score (nSPS) is 30.4. The van der Waals surface area contributed by atoms with Gasteiger partial charge in [0.1, 0.15) is 0 Å². The van der Waals surface area contributed by atoms with Gasteiger partial charge in [-0.3, -0.25) is 10.2 Å². The predicted octanol–water partition coefficient (Wildman–Crippen LogP) is 3.01. The van der Waals surface area contributed by atoms with Crippen LogP contribution in [0.3, 0.4) is 0 Å². The molecule has 4 rings (SSSR count). The fourth-order valence-corrected chi connectivity index (χ4v) is 5.63. The zero-order valence-corrected chi connectivity index (χ0v) is 17.1. The molecular weight excluding hydrogens is 403 g/mol. The van der Waals surface area contributed by atoms with Crippen molar-refractivity contribution in [1.82, 2.24) is 20.2 Å². The molecule has 0 aromatic carbocycles. The molecule has 29 heavy (non-hydrogen) atoms. The van der Waals surface area contributed by atoms with Gasteiger partial charge in [-0.1, -0.05) is 6.07 Å².